The van der Waals surface area contributed by atoms with Crippen LogP contribution in [-0.4, -0.2) is 15.5 Å². The van der Waals surface area contributed by atoms with Gasteiger partial charge in [-0.1, -0.05) is 18.2 Å². The summed E-state index contributed by atoms with van der Waals surface area (Å²) in [6.45, 7) is 3.97. The van der Waals surface area contributed by atoms with E-state index < -0.39 is 11.5 Å². The Morgan fingerprint density at radius 2 is 1.83 bits per heavy atom. The molecule has 5 heteroatoms. The molecule has 2 aromatic carbocycles. The molecular weight excluding hydrogens is 290 g/mol. The van der Waals surface area contributed by atoms with Crippen LogP contribution in [0.3, 0.4) is 0 Å². The molecule has 3 aromatic rings. The summed E-state index contributed by atoms with van der Waals surface area (Å²) >= 11 is 0. The maximum atomic E-state index is 12.4. The maximum absolute atomic E-state index is 12.4. The van der Waals surface area contributed by atoms with Gasteiger partial charge >= 0.3 is 0 Å². The van der Waals surface area contributed by atoms with Crippen molar-refractivity contribution >= 4 is 22.6 Å². The van der Waals surface area contributed by atoms with Crippen LogP contribution in [0, 0.1) is 13.8 Å². The summed E-state index contributed by atoms with van der Waals surface area (Å²) in [7, 11) is 1.64. The first-order valence-corrected chi connectivity index (χ1v) is 7.32. The lowest BCUT2D eigenvalue weighted by Gasteiger charge is -2.09. The third-order valence-electron chi connectivity index (χ3n) is 3.96. The minimum absolute atomic E-state index is 0.107. The summed E-state index contributed by atoms with van der Waals surface area (Å²) in [6, 6.07) is 12.8. The van der Waals surface area contributed by atoms with Gasteiger partial charge in [-0.3, -0.25) is 9.59 Å². The molecule has 116 valence electrons. The van der Waals surface area contributed by atoms with Crippen LogP contribution in [0.4, 0.5) is 5.69 Å². The second-order valence-corrected chi connectivity index (χ2v) is 5.57. The van der Waals surface area contributed by atoms with Gasteiger partial charge in [0.1, 0.15) is 0 Å². The Bertz CT molecular complexity index is 974. The van der Waals surface area contributed by atoms with E-state index in [0.29, 0.717) is 16.7 Å². The Balaban J connectivity index is 2.02. The molecule has 1 heterocycles. The van der Waals surface area contributed by atoms with E-state index in [-0.39, 0.29) is 5.69 Å². The van der Waals surface area contributed by atoms with Gasteiger partial charge in [0.15, 0.2) is 5.69 Å². The monoisotopic (exact) mass is 307 g/mol. The largest absolute Gasteiger partial charge is 0.320 e. The number of carbonyl (C=O) groups is 1. The van der Waals surface area contributed by atoms with E-state index >= 15 is 0 Å². The van der Waals surface area contributed by atoms with Crippen LogP contribution in [-0.2, 0) is 7.05 Å². The molecular formula is C18H17N3O2. The zero-order chi connectivity index (χ0) is 16.6. The van der Waals surface area contributed by atoms with Gasteiger partial charge in [-0.15, -0.1) is 0 Å². The number of para-hydroxylation sites is 2. The van der Waals surface area contributed by atoms with Gasteiger partial charge in [0.25, 0.3) is 11.5 Å². The number of carbonyl (C=O) groups excluding carboxylic acids is 1. The molecule has 0 unspecified atom stereocenters. The van der Waals surface area contributed by atoms with Crippen LogP contribution in [0.5, 0.6) is 0 Å². The molecule has 0 aliphatic carbocycles. The van der Waals surface area contributed by atoms with Crippen LogP contribution in [0.25, 0.3) is 11.0 Å². The zero-order valence-corrected chi connectivity index (χ0v) is 13.3. The quantitative estimate of drug-likeness (QED) is 0.792. The highest BCUT2D eigenvalue weighted by molar-refractivity contribution is 6.03. The van der Waals surface area contributed by atoms with E-state index in [0.717, 1.165) is 11.1 Å². The number of rotatable bonds is 2. The number of aromatic nitrogens is 2. The summed E-state index contributed by atoms with van der Waals surface area (Å²) in [6.07, 6.45) is 0. The minimum atomic E-state index is -0.500. The molecule has 0 saturated heterocycles. The van der Waals surface area contributed by atoms with Gasteiger partial charge in [0.05, 0.1) is 11.0 Å². The van der Waals surface area contributed by atoms with Gasteiger partial charge in [0.2, 0.25) is 0 Å². The average molecular weight is 307 g/mol. The van der Waals surface area contributed by atoms with E-state index in [1.807, 2.05) is 44.2 Å². The first-order valence-electron chi connectivity index (χ1n) is 7.32. The average Bonchev–Trinajstić information content (AvgIpc) is 2.54. The molecule has 0 radical (unpaired) electrons. The van der Waals surface area contributed by atoms with E-state index in [4.69, 9.17) is 0 Å². The molecule has 0 atom stereocenters. The van der Waals surface area contributed by atoms with Crippen molar-refractivity contribution in [3.05, 3.63) is 69.6 Å². The minimum Gasteiger partial charge on any atom is -0.320 e. The van der Waals surface area contributed by atoms with E-state index in [2.05, 4.69) is 10.3 Å². The first kappa shape index (κ1) is 15.0. The Hall–Kier alpha value is -2.95. The van der Waals surface area contributed by atoms with Crippen molar-refractivity contribution in [2.24, 2.45) is 7.05 Å². The summed E-state index contributed by atoms with van der Waals surface area (Å²) in [5, 5.41) is 2.74. The second-order valence-electron chi connectivity index (χ2n) is 5.57. The third-order valence-corrected chi connectivity index (χ3v) is 3.96. The number of hydrogen-bond donors (Lipinski definition) is 1. The van der Waals surface area contributed by atoms with Crippen molar-refractivity contribution in [1.82, 2.24) is 9.55 Å². The van der Waals surface area contributed by atoms with Gasteiger partial charge in [-0.2, -0.15) is 0 Å². The molecule has 0 fully saturated rings. The van der Waals surface area contributed by atoms with E-state index in [1.54, 1.807) is 19.2 Å². The first-order chi connectivity index (χ1) is 11.0. The van der Waals surface area contributed by atoms with Crippen LogP contribution in [0.2, 0.25) is 0 Å². The molecule has 5 nitrogen and oxygen atoms in total. The predicted molar refractivity (Wildman–Crippen MR) is 90.9 cm³/mol. The maximum Gasteiger partial charge on any atom is 0.282 e. The lowest BCUT2D eigenvalue weighted by atomic mass is 10.1. The molecule has 1 aromatic heterocycles. The lowest BCUT2D eigenvalue weighted by Crippen LogP contribution is -2.29. The zero-order valence-electron chi connectivity index (χ0n) is 13.3. The number of benzene rings is 2. The molecule has 1 amide bonds. The van der Waals surface area contributed by atoms with Crippen molar-refractivity contribution < 1.29 is 4.79 Å². The Morgan fingerprint density at radius 1 is 1.09 bits per heavy atom. The highest BCUT2D eigenvalue weighted by Gasteiger charge is 2.16. The molecule has 23 heavy (non-hydrogen) atoms. The van der Waals surface area contributed by atoms with Crippen LogP contribution >= 0.6 is 0 Å². The summed E-state index contributed by atoms with van der Waals surface area (Å²) < 4.78 is 1.44. The molecule has 3 rings (SSSR count). The summed E-state index contributed by atoms with van der Waals surface area (Å²) in [5.41, 5.74) is 3.65. The Kier molecular flexibility index (Phi) is 3.70. The fourth-order valence-corrected chi connectivity index (χ4v) is 2.44. The Morgan fingerprint density at radius 3 is 2.57 bits per heavy atom. The van der Waals surface area contributed by atoms with Gasteiger partial charge in [-0.25, -0.2) is 4.98 Å². The summed E-state index contributed by atoms with van der Waals surface area (Å²) in [4.78, 5) is 29.0. The molecule has 0 bridgehead atoms. The van der Waals surface area contributed by atoms with Gasteiger partial charge < -0.3 is 9.88 Å². The van der Waals surface area contributed by atoms with Gasteiger partial charge in [-0.05, 0) is 49.2 Å². The Labute approximate surface area is 133 Å². The summed E-state index contributed by atoms with van der Waals surface area (Å²) in [5.74, 6) is -0.500. The number of hydrogen-bond acceptors (Lipinski definition) is 3. The standard InChI is InChI=1S/C18H17N3O2/c1-11-8-9-13(10-12(11)2)19-17(22)16-18(23)21(3)15-7-5-4-6-14(15)20-16/h4-10H,1-3H3,(H,19,22). The number of aryl methyl sites for hydroxylation is 3. The highest BCUT2D eigenvalue weighted by atomic mass is 16.2. The predicted octanol–water partition coefficient (Wildman–Crippen LogP) is 2.80. The fourth-order valence-electron chi connectivity index (χ4n) is 2.44. The molecule has 1 N–H and O–H groups in total. The second kappa shape index (κ2) is 5.68. The van der Waals surface area contributed by atoms with Crippen LogP contribution in [0.15, 0.2) is 47.3 Å². The molecule has 0 aliphatic heterocycles. The van der Waals surface area contributed by atoms with Crippen LogP contribution in [0.1, 0.15) is 21.6 Å². The van der Waals surface area contributed by atoms with E-state index in [9.17, 15) is 9.59 Å². The van der Waals surface area contributed by atoms with Crippen molar-refractivity contribution in [2.45, 2.75) is 13.8 Å². The van der Waals surface area contributed by atoms with Gasteiger partial charge in [0, 0.05) is 12.7 Å². The molecule has 0 spiro atoms. The topological polar surface area (TPSA) is 64.0 Å². The SMILES string of the molecule is Cc1ccc(NC(=O)c2nc3ccccc3n(C)c2=O)cc1C. The van der Waals surface area contributed by atoms with Crippen molar-refractivity contribution in [3.8, 4) is 0 Å². The smallest absolute Gasteiger partial charge is 0.282 e. The fraction of sp³-hybridized carbons (Fsp3) is 0.167. The van der Waals surface area contributed by atoms with E-state index in [1.165, 1.54) is 4.57 Å². The molecule has 0 aliphatic rings. The van der Waals surface area contributed by atoms with Crippen LogP contribution < -0.4 is 10.9 Å². The third kappa shape index (κ3) is 2.73. The number of fused-ring (bicyclic) bond motifs is 1. The van der Waals surface area contributed by atoms with Crippen molar-refractivity contribution in [2.75, 3.05) is 5.32 Å². The number of nitrogens with one attached hydrogen (secondary N) is 1. The van der Waals surface area contributed by atoms with Crippen molar-refractivity contribution in [1.29, 1.82) is 0 Å². The normalized spacial score (nSPS) is 10.7. The molecule has 0 saturated carbocycles. The number of amides is 1. The lowest BCUT2D eigenvalue weighted by molar-refractivity contribution is 0.102. The number of anilines is 1. The number of nitrogens with zero attached hydrogens (tertiary/aromatic N) is 2. The highest BCUT2D eigenvalue weighted by Crippen LogP contribution is 2.15. The van der Waals surface area contributed by atoms with Crippen molar-refractivity contribution in [3.63, 3.8) is 0 Å².